The normalized spacial score (nSPS) is 20.2. The molecule has 0 amide bonds. The van der Waals surface area contributed by atoms with Crippen molar-refractivity contribution < 1.29 is 9.13 Å². The maximum Gasteiger partial charge on any atom is 0.213 e. The summed E-state index contributed by atoms with van der Waals surface area (Å²) in [5.74, 6) is 0.588. The van der Waals surface area contributed by atoms with Crippen molar-refractivity contribution in [3.63, 3.8) is 0 Å². The summed E-state index contributed by atoms with van der Waals surface area (Å²) >= 11 is 3.57. The summed E-state index contributed by atoms with van der Waals surface area (Å²) < 4.78 is 20.8. The van der Waals surface area contributed by atoms with Crippen LogP contribution in [0.1, 0.15) is 40.9 Å². The van der Waals surface area contributed by atoms with E-state index in [1.54, 1.807) is 12.1 Å². The van der Waals surface area contributed by atoms with Gasteiger partial charge in [0.15, 0.2) is 0 Å². The lowest BCUT2D eigenvalue weighted by atomic mass is 9.95. The van der Waals surface area contributed by atoms with Gasteiger partial charge in [-0.1, -0.05) is 57.9 Å². The van der Waals surface area contributed by atoms with Gasteiger partial charge in [-0.25, -0.2) is 9.40 Å². The van der Waals surface area contributed by atoms with Crippen molar-refractivity contribution in [3.05, 3.63) is 99.3 Å². The topological polar surface area (TPSA) is 24.8 Å². The van der Waals surface area contributed by atoms with Crippen LogP contribution in [0.2, 0.25) is 0 Å². The lowest BCUT2D eigenvalue weighted by Crippen LogP contribution is -2.33. The van der Waals surface area contributed by atoms with Crippen molar-refractivity contribution in [2.45, 2.75) is 25.6 Å². The van der Waals surface area contributed by atoms with Crippen molar-refractivity contribution in [1.82, 2.24) is 5.01 Å². The molecule has 0 bridgehead atoms. The Labute approximate surface area is 171 Å². The van der Waals surface area contributed by atoms with Gasteiger partial charge >= 0.3 is 0 Å². The van der Waals surface area contributed by atoms with Crippen molar-refractivity contribution in [1.29, 1.82) is 0 Å². The van der Waals surface area contributed by atoms with E-state index in [9.17, 15) is 4.39 Å². The minimum atomic E-state index is -0.387. The highest BCUT2D eigenvalue weighted by Crippen LogP contribution is 2.48. The Kier molecular flexibility index (Phi) is 4.20. The van der Waals surface area contributed by atoms with Crippen molar-refractivity contribution in [2.24, 2.45) is 5.10 Å². The van der Waals surface area contributed by atoms with Crippen LogP contribution in [0.3, 0.4) is 0 Å². The smallest absolute Gasteiger partial charge is 0.213 e. The molecule has 0 unspecified atom stereocenters. The van der Waals surface area contributed by atoms with E-state index in [1.807, 2.05) is 17.1 Å². The molecule has 0 N–H and O–H groups in total. The molecule has 0 fully saturated rings. The van der Waals surface area contributed by atoms with Gasteiger partial charge in [-0.05, 0) is 42.8 Å². The average Bonchev–Trinajstić information content (AvgIpc) is 3.14. The van der Waals surface area contributed by atoms with E-state index in [-0.39, 0.29) is 18.1 Å². The van der Waals surface area contributed by atoms with Crippen molar-refractivity contribution >= 4 is 21.6 Å². The van der Waals surface area contributed by atoms with E-state index in [0.717, 1.165) is 39.0 Å². The first kappa shape index (κ1) is 17.4. The molecule has 2 aliphatic heterocycles. The Balaban J connectivity index is 1.59. The highest BCUT2D eigenvalue weighted by Gasteiger charge is 2.41. The third kappa shape index (κ3) is 3.00. The lowest BCUT2D eigenvalue weighted by molar-refractivity contribution is -0.0191. The second kappa shape index (κ2) is 6.74. The Bertz CT molecular complexity index is 1060. The molecule has 0 radical (unpaired) electrons. The van der Waals surface area contributed by atoms with E-state index >= 15 is 0 Å². The van der Waals surface area contributed by atoms with Crippen molar-refractivity contribution in [3.8, 4) is 5.75 Å². The monoisotopic (exact) mass is 436 g/mol. The number of fused-ring (bicyclic) bond motifs is 3. The SMILES string of the molecule is Cc1ccc(C2=NN3[C@H](C2)c2cc(Br)ccc2O[C@@H]3c2ccc(F)cc2)cc1. The van der Waals surface area contributed by atoms with Crippen LogP contribution in [-0.4, -0.2) is 10.7 Å². The Hall–Kier alpha value is -2.66. The number of ether oxygens (including phenoxy) is 1. The zero-order valence-corrected chi connectivity index (χ0v) is 16.9. The first-order valence-electron chi connectivity index (χ1n) is 9.23. The third-order valence-corrected chi connectivity index (χ3v) is 5.79. The van der Waals surface area contributed by atoms with Crippen LogP contribution in [0.15, 0.2) is 76.3 Å². The Morgan fingerprint density at radius 1 is 1.04 bits per heavy atom. The van der Waals surface area contributed by atoms with Gasteiger partial charge < -0.3 is 4.74 Å². The summed E-state index contributed by atoms with van der Waals surface area (Å²) in [5.41, 5.74) is 5.37. The van der Waals surface area contributed by atoms with Crippen LogP contribution in [0.5, 0.6) is 5.75 Å². The van der Waals surface area contributed by atoms with E-state index in [1.165, 1.54) is 17.7 Å². The minimum absolute atomic E-state index is 0.0765. The van der Waals surface area contributed by atoms with E-state index in [4.69, 9.17) is 9.84 Å². The fourth-order valence-corrected chi connectivity index (χ4v) is 4.20. The summed E-state index contributed by atoms with van der Waals surface area (Å²) in [7, 11) is 0. The zero-order chi connectivity index (χ0) is 19.3. The van der Waals surface area contributed by atoms with Crippen LogP contribution in [0, 0.1) is 12.7 Å². The third-order valence-electron chi connectivity index (χ3n) is 5.29. The molecule has 3 aromatic carbocycles. The maximum absolute atomic E-state index is 13.4. The largest absolute Gasteiger partial charge is 0.464 e. The second-order valence-corrected chi connectivity index (χ2v) is 8.13. The predicted molar refractivity (Wildman–Crippen MR) is 111 cm³/mol. The van der Waals surface area contributed by atoms with Gasteiger partial charge in [0, 0.05) is 22.0 Å². The van der Waals surface area contributed by atoms with Gasteiger partial charge in [-0.2, -0.15) is 5.10 Å². The van der Waals surface area contributed by atoms with Gasteiger partial charge in [0.05, 0.1) is 11.8 Å². The molecule has 3 aromatic rings. The van der Waals surface area contributed by atoms with E-state index in [2.05, 4.69) is 53.2 Å². The highest BCUT2D eigenvalue weighted by molar-refractivity contribution is 9.10. The number of rotatable bonds is 2. The highest BCUT2D eigenvalue weighted by atomic mass is 79.9. The summed E-state index contributed by atoms with van der Waals surface area (Å²) in [6.07, 6.45) is 0.412. The van der Waals surface area contributed by atoms with Gasteiger partial charge in [-0.3, -0.25) is 0 Å². The number of halogens is 2. The molecule has 0 aromatic heterocycles. The molecule has 0 saturated heterocycles. The van der Waals surface area contributed by atoms with Gasteiger partial charge in [0.2, 0.25) is 6.23 Å². The van der Waals surface area contributed by atoms with Gasteiger partial charge in [-0.15, -0.1) is 0 Å². The molecular formula is C23H18BrFN2O. The number of nitrogens with zero attached hydrogens (tertiary/aromatic N) is 2. The van der Waals surface area contributed by atoms with E-state index < -0.39 is 0 Å². The standard InChI is InChI=1S/C23H18BrFN2O/c1-14-2-4-15(5-3-14)20-13-21-19-12-17(24)8-11-22(19)28-23(27(21)26-20)16-6-9-18(25)10-7-16/h2-12,21,23H,13H2,1H3/t21-,23-/m1/s1. The number of hydrazone groups is 1. The molecule has 5 rings (SSSR count). The Morgan fingerprint density at radius 3 is 2.54 bits per heavy atom. The second-order valence-electron chi connectivity index (χ2n) is 7.22. The summed E-state index contributed by atoms with van der Waals surface area (Å²) in [5, 5.41) is 6.95. The molecule has 2 atom stereocenters. The van der Waals surface area contributed by atoms with E-state index in [0.29, 0.717) is 0 Å². The molecule has 2 heterocycles. The van der Waals surface area contributed by atoms with Crippen molar-refractivity contribution in [2.75, 3.05) is 0 Å². The molecular weight excluding hydrogens is 419 g/mol. The molecule has 2 aliphatic rings. The average molecular weight is 437 g/mol. The van der Waals surface area contributed by atoms with Crippen LogP contribution in [-0.2, 0) is 0 Å². The minimum Gasteiger partial charge on any atom is -0.464 e. The summed E-state index contributed by atoms with van der Waals surface area (Å²) in [6, 6.07) is 21.0. The quantitative estimate of drug-likeness (QED) is 0.481. The fraction of sp³-hybridized carbons (Fsp3) is 0.174. The van der Waals surface area contributed by atoms with Crippen LogP contribution >= 0.6 is 15.9 Å². The zero-order valence-electron chi connectivity index (χ0n) is 15.3. The number of hydrogen-bond acceptors (Lipinski definition) is 3. The lowest BCUT2D eigenvalue weighted by Gasteiger charge is -2.38. The number of benzene rings is 3. The van der Waals surface area contributed by atoms with Gasteiger partial charge in [0.1, 0.15) is 11.6 Å². The first-order chi connectivity index (χ1) is 13.6. The molecule has 140 valence electrons. The summed E-state index contributed by atoms with van der Waals surface area (Å²) in [4.78, 5) is 0. The number of hydrogen-bond donors (Lipinski definition) is 0. The fourth-order valence-electron chi connectivity index (χ4n) is 3.83. The molecule has 0 aliphatic carbocycles. The van der Waals surface area contributed by atoms with Gasteiger partial charge in [0.25, 0.3) is 0 Å². The van der Waals surface area contributed by atoms with Crippen LogP contribution in [0.4, 0.5) is 4.39 Å². The molecule has 0 saturated carbocycles. The number of aryl methyl sites for hydroxylation is 1. The Morgan fingerprint density at radius 2 is 1.79 bits per heavy atom. The maximum atomic E-state index is 13.4. The summed E-state index contributed by atoms with van der Waals surface area (Å²) in [6.45, 7) is 2.08. The van der Waals surface area contributed by atoms with Crippen LogP contribution in [0.25, 0.3) is 0 Å². The molecule has 5 heteroatoms. The molecule has 28 heavy (non-hydrogen) atoms. The first-order valence-corrected chi connectivity index (χ1v) is 10.0. The van der Waals surface area contributed by atoms with Crippen LogP contribution < -0.4 is 4.74 Å². The molecule has 3 nitrogen and oxygen atoms in total. The predicted octanol–water partition coefficient (Wildman–Crippen LogP) is 6.14. The molecule has 0 spiro atoms.